The second-order valence-corrected chi connectivity index (χ2v) is 3.27. The minimum Gasteiger partial charge on any atom is -0.392 e. The number of nitrogens with one attached hydrogen (secondary N) is 1. The number of carbonyl (C=O) groups excluding carboxylic acids is 1. The molecule has 0 saturated carbocycles. The standard InChI is InChI=1S/C8H17NO3/c1-6(10)5-9-7(11)8(2,3)12-4/h6,10H,5H2,1-4H3,(H,9,11)/t6-/m0/s1. The summed E-state index contributed by atoms with van der Waals surface area (Å²) >= 11 is 0. The van der Waals surface area contributed by atoms with E-state index in [1.54, 1.807) is 20.8 Å². The zero-order chi connectivity index (χ0) is 9.78. The van der Waals surface area contributed by atoms with Crippen molar-refractivity contribution in [1.29, 1.82) is 0 Å². The molecule has 0 aromatic carbocycles. The third-order valence-corrected chi connectivity index (χ3v) is 1.62. The topological polar surface area (TPSA) is 58.6 Å². The fraction of sp³-hybridized carbons (Fsp3) is 0.875. The highest BCUT2D eigenvalue weighted by atomic mass is 16.5. The fourth-order valence-electron chi connectivity index (χ4n) is 0.546. The molecule has 0 saturated heterocycles. The zero-order valence-corrected chi connectivity index (χ0v) is 8.05. The lowest BCUT2D eigenvalue weighted by Crippen LogP contribution is -2.45. The van der Waals surface area contributed by atoms with Gasteiger partial charge < -0.3 is 15.2 Å². The van der Waals surface area contributed by atoms with E-state index in [1.807, 2.05) is 0 Å². The Morgan fingerprint density at radius 1 is 1.67 bits per heavy atom. The molecule has 0 aliphatic heterocycles. The number of amides is 1. The highest BCUT2D eigenvalue weighted by Gasteiger charge is 2.26. The molecule has 0 bridgehead atoms. The van der Waals surface area contributed by atoms with E-state index in [4.69, 9.17) is 9.84 Å². The van der Waals surface area contributed by atoms with Crippen molar-refractivity contribution in [2.24, 2.45) is 0 Å². The van der Waals surface area contributed by atoms with Crippen molar-refractivity contribution in [1.82, 2.24) is 5.32 Å². The summed E-state index contributed by atoms with van der Waals surface area (Å²) in [6.45, 7) is 5.21. The highest BCUT2D eigenvalue weighted by molar-refractivity contribution is 5.84. The number of methoxy groups -OCH3 is 1. The van der Waals surface area contributed by atoms with Gasteiger partial charge in [-0.05, 0) is 20.8 Å². The average Bonchev–Trinajstić information content (AvgIpc) is 2.00. The van der Waals surface area contributed by atoms with Crippen LogP contribution in [0.2, 0.25) is 0 Å². The molecule has 1 amide bonds. The molecule has 0 unspecified atom stereocenters. The van der Waals surface area contributed by atoms with Crippen LogP contribution in [0.5, 0.6) is 0 Å². The zero-order valence-electron chi connectivity index (χ0n) is 8.05. The van der Waals surface area contributed by atoms with Crippen molar-refractivity contribution in [2.75, 3.05) is 13.7 Å². The van der Waals surface area contributed by atoms with Crippen molar-refractivity contribution >= 4 is 5.91 Å². The van der Waals surface area contributed by atoms with Crippen LogP contribution in [0.15, 0.2) is 0 Å². The van der Waals surface area contributed by atoms with E-state index < -0.39 is 11.7 Å². The lowest BCUT2D eigenvalue weighted by Gasteiger charge is -2.21. The van der Waals surface area contributed by atoms with Crippen LogP contribution in [0.1, 0.15) is 20.8 Å². The number of hydrogen-bond acceptors (Lipinski definition) is 3. The molecule has 0 spiro atoms. The second kappa shape index (κ2) is 4.42. The minimum atomic E-state index is -0.825. The lowest BCUT2D eigenvalue weighted by atomic mass is 10.1. The predicted octanol–water partition coefficient (Wildman–Crippen LogP) is -0.0916. The number of aliphatic hydroxyl groups is 1. The molecule has 4 nitrogen and oxygen atoms in total. The van der Waals surface area contributed by atoms with E-state index in [0.29, 0.717) is 0 Å². The monoisotopic (exact) mass is 175 g/mol. The van der Waals surface area contributed by atoms with Crippen LogP contribution < -0.4 is 5.32 Å². The summed E-state index contributed by atoms with van der Waals surface area (Å²) in [5.74, 6) is -0.217. The van der Waals surface area contributed by atoms with Crippen LogP contribution in [0.25, 0.3) is 0 Å². The van der Waals surface area contributed by atoms with Gasteiger partial charge in [0.2, 0.25) is 0 Å². The SMILES string of the molecule is COC(C)(C)C(=O)NC[C@H](C)O. The van der Waals surface area contributed by atoms with E-state index in [9.17, 15) is 4.79 Å². The fourth-order valence-corrected chi connectivity index (χ4v) is 0.546. The Balaban J connectivity index is 3.88. The first kappa shape index (κ1) is 11.4. The largest absolute Gasteiger partial charge is 0.392 e. The van der Waals surface area contributed by atoms with Crippen molar-refractivity contribution in [3.05, 3.63) is 0 Å². The van der Waals surface area contributed by atoms with Crippen LogP contribution in [-0.2, 0) is 9.53 Å². The summed E-state index contributed by atoms with van der Waals surface area (Å²) in [6.07, 6.45) is -0.526. The van der Waals surface area contributed by atoms with Gasteiger partial charge in [-0.3, -0.25) is 4.79 Å². The van der Waals surface area contributed by atoms with E-state index in [2.05, 4.69) is 5.32 Å². The molecular formula is C8H17NO3. The Bertz CT molecular complexity index is 154. The summed E-state index contributed by atoms with van der Waals surface area (Å²) in [5, 5.41) is 11.4. The molecule has 0 aliphatic carbocycles. The highest BCUT2D eigenvalue weighted by Crippen LogP contribution is 2.06. The van der Waals surface area contributed by atoms with Gasteiger partial charge in [-0.2, -0.15) is 0 Å². The molecule has 0 heterocycles. The quantitative estimate of drug-likeness (QED) is 0.627. The Morgan fingerprint density at radius 3 is 2.50 bits per heavy atom. The predicted molar refractivity (Wildman–Crippen MR) is 45.8 cm³/mol. The van der Waals surface area contributed by atoms with Gasteiger partial charge in [0.05, 0.1) is 6.10 Å². The summed E-state index contributed by atoms with van der Waals surface area (Å²) < 4.78 is 4.94. The summed E-state index contributed by atoms with van der Waals surface area (Å²) in [7, 11) is 1.47. The van der Waals surface area contributed by atoms with Gasteiger partial charge in [-0.1, -0.05) is 0 Å². The summed E-state index contributed by atoms with van der Waals surface area (Å²) in [5.41, 5.74) is -0.825. The number of ether oxygens (including phenoxy) is 1. The van der Waals surface area contributed by atoms with E-state index >= 15 is 0 Å². The van der Waals surface area contributed by atoms with E-state index in [0.717, 1.165) is 0 Å². The van der Waals surface area contributed by atoms with E-state index in [-0.39, 0.29) is 12.5 Å². The lowest BCUT2D eigenvalue weighted by molar-refractivity contribution is -0.139. The molecule has 4 heteroatoms. The Labute approximate surface area is 72.9 Å². The van der Waals surface area contributed by atoms with Gasteiger partial charge >= 0.3 is 0 Å². The molecule has 1 atom stereocenters. The minimum absolute atomic E-state index is 0.217. The number of aliphatic hydroxyl groups excluding tert-OH is 1. The van der Waals surface area contributed by atoms with Gasteiger partial charge in [0, 0.05) is 13.7 Å². The van der Waals surface area contributed by atoms with Crippen molar-refractivity contribution in [3.63, 3.8) is 0 Å². The van der Waals surface area contributed by atoms with Crippen molar-refractivity contribution in [3.8, 4) is 0 Å². The van der Waals surface area contributed by atoms with Crippen molar-refractivity contribution < 1.29 is 14.6 Å². The molecule has 0 radical (unpaired) electrons. The summed E-state index contributed by atoms with van der Waals surface area (Å²) in [6, 6.07) is 0. The molecule has 0 rings (SSSR count). The van der Waals surface area contributed by atoms with Gasteiger partial charge in [-0.25, -0.2) is 0 Å². The molecule has 0 aromatic rings. The maximum atomic E-state index is 11.3. The van der Waals surface area contributed by atoms with Gasteiger partial charge in [0.1, 0.15) is 5.60 Å². The molecule has 2 N–H and O–H groups in total. The van der Waals surface area contributed by atoms with E-state index in [1.165, 1.54) is 7.11 Å². The van der Waals surface area contributed by atoms with Crippen LogP contribution >= 0.6 is 0 Å². The first-order valence-electron chi connectivity index (χ1n) is 3.91. The molecular weight excluding hydrogens is 158 g/mol. The van der Waals surface area contributed by atoms with Crippen LogP contribution in [0.3, 0.4) is 0 Å². The molecule has 12 heavy (non-hydrogen) atoms. The third kappa shape index (κ3) is 3.69. The van der Waals surface area contributed by atoms with Gasteiger partial charge in [0.25, 0.3) is 5.91 Å². The van der Waals surface area contributed by atoms with Crippen LogP contribution in [0.4, 0.5) is 0 Å². The van der Waals surface area contributed by atoms with Crippen LogP contribution in [0, 0.1) is 0 Å². The van der Waals surface area contributed by atoms with Gasteiger partial charge in [-0.15, -0.1) is 0 Å². The molecule has 0 aromatic heterocycles. The first-order valence-corrected chi connectivity index (χ1v) is 3.91. The normalized spacial score (nSPS) is 14.1. The smallest absolute Gasteiger partial charge is 0.251 e. The Morgan fingerprint density at radius 2 is 2.17 bits per heavy atom. The number of hydrogen-bond donors (Lipinski definition) is 2. The molecule has 0 fully saturated rings. The third-order valence-electron chi connectivity index (χ3n) is 1.62. The number of carbonyl (C=O) groups is 1. The Kier molecular flexibility index (Phi) is 4.20. The Hall–Kier alpha value is -0.610. The number of rotatable bonds is 4. The average molecular weight is 175 g/mol. The van der Waals surface area contributed by atoms with Crippen LogP contribution in [-0.4, -0.2) is 36.4 Å². The molecule has 0 aliphatic rings. The molecule has 72 valence electrons. The van der Waals surface area contributed by atoms with Gasteiger partial charge in [0.15, 0.2) is 0 Å². The maximum absolute atomic E-state index is 11.3. The maximum Gasteiger partial charge on any atom is 0.251 e. The second-order valence-electron chi connectivity index (χ2n) is 3.27. The van der Waals surface area contributed by atoms with Crippen molar-refractivity contribution in [2.45, 2.75) is 32.5 Å². The summed E-state index contributed by atoms with van der Waals surface area (Å²) in [4.78, 5) is 11.3. The first-order chi connectivity index (χ1) is 5.40.